The molecule has 4 aromatic carbocycles. The van der Waals surface area contributed by atoms with E-state index in [2.05, 4.69) is 128 Å². The number of imidazole rings is 1. The van der Waals surface area contributed by atoms with Crippen molar-refractivity contribution in [2.24, 2.45) is 5.92 Å². The topological polar surface area (TPSA) is 17.8 Å². The highest BCUT2D eigenvalue weighted by atomic mass is 15.1. The maximum absolute atomic E-state index is 4.83. The van der Waals surface area contributed by atoms with Gasteiger partial charge in [-0.05, 0) is 70.7 Å². The van der Waals surface area contributed by atoms with Gasteiger partial charge in [0.2, 0.25) is 0 Å². The molecule has 37 heavy (non-hydrogen) atoms. The zero-order valence-electron chi connectivity index (χ0n) is 21.6. The molecule has 6 rings (SSSR count). The first-order valence-corrected chi connectivity index (χ1v) is 13.2. The Balaban J connectivity index is 1.60. The number of allylic oxidation sites excluding steroid dienone is 2. The lowest BCUT2D eigenvalue weighted by atomic mass is 9.84. The van der Waals surface area contributed by atoms with Gasteiger partial charge in [-0.15, -0.1) is 0 Å². The number of nitrogens with zero attached hydrogens (tertiary/aromatic N) is 2. The highest BCUT2D eigenvalue weighted by Crippen LogP contribution is 2.38. The molecule has 2 heteroatoms. The maximum atomic E-state index is 4.83. The average Bonchev–Trinajstić information content (AvgIpc) is 3.42. The van der Waals surface area contributed by atoms with E-state index in [1.807, 2.05) is 6.20 Å². The molecule has 0 saturated carbocycles. The van der Waals surface area contributed by atoms with Gasteiger partial charge in [0.15, 0.2) is 0 Å². The van der Waals surface area contributed by atoms with Crippen molar-refractivity contribution in [2.75, 3.05) is 0 Å². The van der Waals surface area contributed by atoms with Crippen molar-refractivity contribution in [1.82, 2.24) is 9.55 Å². The predicted molar refractivity (Wildman–Crippen MR) is 155 cm³/mol. The van der Waals surface area contributed by atoms with E-state index in [4.69, 9.17) is 4.98 Å². The number of fused-ring (bicyclic) bond motifs is 1. The van der Waals surface area contributed by atoms with Crippen LogP contribution in [0.4, 0.5) is 0 Å². The van der Waals surface area contributed by atoms with Gasteiger partial charge in [0.05, 0.1) is 5.69 Å². The fourth-order valence-corrected chi connectivity index (χ4v) is 5.55. The third kappa shape index (κ3) is 4.68. The lowest BCUT2D eigenvalue weighted by Gasteiger charge is -2.25. The minimum absolute atomic E-state index is 0.530. The van der Waals surface area contributed by atoms with Crippen LogP contribution >= 0.6 is 0 Å². The normalized spacial score (nSPS) is 12.9. The van der Waals surface area contributed by atoms with Gasteiger partial charge in [0.1, 0.15) is 5.82 Å². The van der Waals surface area contributed by atoms with E-state index < -0.39 is 0 Å². The van der Waals surface area contributed by atoms with Crippen molar-refractivity contribution in [3.8, 4) is 28.2 Å². The fraction of sp³-hybridized carbons (Fsp3) is 0.171. The molecular weight excluding hydrogens is 448 g/mol. The summed E-state index contributed by atoms with van der Waals surface area (Å²) in [5.41, 5.74) is 11.8. The quantitative estimate of drug-likeness (QED) is 0.238. The molecule has 0 saturated heterocycles. The molecular formula is C35H32N2. The second-order valence-electron chi connectivity index (χ2n) is 10.4. The fourth-order valence-electron chi connectivity index (χ4n) is 5.55. The molecule has 1 aliphatic rings. The molecule has 0 amide bonds. The Bertz CT molecular complexity index is 1560. The molecule has 1 aromatic heterocycles. The van der Waals surface area contributed by atoms with Gasteiger partial charge < -0.3 is 0 Å². The molecule has 0 aliphatic heterocycles. The van der Waals surface area contributed by atoms with Crippen LogP contribution in [0.25, 0.3) is 33.8 Å². The number of hydrogen-bond acceptors (Lipinski definition) is 1. The van der Waals surface area contributed by atoms with Crippen LogP contribution in [0.15, 0.2) is 116 Å². The van der Waals surface area contributed by atoms with Gasteiger partial charge in [-0.3, -0.25) is 4.57 Å². The van der Waals surface area contributed by atoms with Crippen LogP contribution in [0.2, 0.25) is 0 Å². The second-order valence-corrected chi connectivity index (χ2v) is 10.4. The number of benzene rings is 4. The monoisotopic (exact) mass is 480 g/mol. The van der Waals surface area contributed by atoms with Crippen LogP contribution in [0.1, 0.15) is 36.1 Å². The van der Waals surface area contributed by atoms with E-state index in [0.29, 0.717) is 5.92 Å². The van der Waals surface area contributed by atoms with Gasteiger partial charge in [0.25, 0.3) is 0 Å². The van der Waals surface area contributed by atoms with E-state index in [0.717, 1.165) is 30.7 Å². The van der Waals surface area contributed by atoms with E-state index in [-0.39, 0.29) is 0 Å². The summed E-state index contributed by atoms with van der Waals surface area (Å²) in [7, 11) is 0. The summed E-state index contributed by atoms with van der Waals surface area (Å²) in [5.74, 6) is 1.51. The molecule has 182 valence electrons. The summed E-state index contributed by atoms with van der Waals surface area (Å²) in [5, 5.41) is 0. The maximum Gasteiger partial charge on any atom is 0.144 e. The van der Waals surface area contributed by atoms with Crippen molar-refractivity contribution < 1.29 is 0 Å². The van der Waals surface area contributed by atoms with E-state index in [1.165, 1.54) is 44.6 Å². The zero-order chi connectivity index (χ0) is 25.2. The Morgan fingerprint density at radius 2 is 1.43 bits per heavy atom. The number of aromatic nitrogens is 2. The van der Waals surface area contributed by atoms with Crippen molar-refractivity contribution in [3.63, 3.8) is 0 Å². The van der Waals surface area contributed by atoms with Crippen LogP contribution in [-0.2, 0) is 19.3 Å². The molecule has 0 bridgehead atoms. The van der Waals surface area contributed by atoms with Gasteiger partial charge in [-0.2, -0.15) is 0 Å². The first kappa shape index (κ1) is 23.2. The zero-order valence-corrected chi connectivity index (χ0v) is 21.6. The Kier molecular flexibility index (Phi) is 6.32. The lowest BCUT2D eigenvalue weighted by Crippen LogP contribution is -2.11. The Morgan fingerprint density at radius 3 is 2.16 bits per heavy atom. The molecule has 0 spiro atoms. The lowest BCUT2D eigenvalue weighted by molar-refractivity contribution is 0.644. The average molecular weight is 481 g/mol. The third-order valence-electron chi connectivity index (χ3n) is 7.25. The van der Waals surface area contributed by atoms with Crippen LogP contribution < -0.4 is 0 Å². The highest BCUT2D eigenvalue weighted by molar-refractivity contribution is 5.83. The highest BCUT2D eigenvalue weighted by Gasteiger charge is 2.22. The first-order valence-electron chi connectivity index (χ1n) is 13.2. The molecule has 1 heterocycles. The molecule has 2 nitrogen and oxygen atoms in total. The second kappa shape index (κ2) is 10.1. The molecule has 1 aliphatic carbocycles. The van der Waals surface area contributed by atoms with Gasteiger partial charge in [-0.1, -0.05) is 105 Å². The summed E-state index contributed by atoms with van der Waals surface area (Å²) >= 11 is 0. The summed E-state index contributed by atoms with van der Waals surface area (Å²) in [6.07, 6.45) is 9.41. The largest absolute Gasteiger partial charge is 0.299 e. The van der Waals surface area contributed by atoms with Crippen molar-refractivity contribution in [1.29, 1.82) is 0 Å². The SMILES string of the molecule is CC(C)Cc1cc(-c2ccccc2)cc(C2=CCc3ccccc3C2)c1-n1ccnc1-c1ccccc1. The first-order chi connectivity index (χ1) is 18.2. The van der Waals surface area contributed by atoms with Crippen LogP contribution in [0.3, 0.4) is 0 Å². The Labute approximate surface area is 220 Å². The van der Waals surface area contributed by atoms with Gasteiger partial charge >= 0.3 is 0 Å². The van der Waals surface area contributed by atoms with E-state index >= 15 is 0 Å². The number of rotatable bonds is 6. The Hall–Kier alpha value is -4.17. The number of hydrogen-bond donors (Lipinski definition) is 0. The van der Waals surface area contributed by atoms with Crippen molar-refractivity contribution in [2.45, 2.75) is 33.1 Å². The summed E-state index contributed by atoms with van der Waals surface area (Å²) in [4.78, 5) is 4.83. The van der Waals surface area contributed by atoms with Crippen LogP contribution in [-0.4, -0.2) is 9.55 Å². The van der Waals surface area contributed by atoms with Gasteiger partial charge in [-0.25, -0.2) is 4.98 Å². The van der Waals surface area contributed by atoms with Crippen LogP contribution in [0.5, 0.6) is 0 Å². The molecule has 0 fully saturated rings. The third-order valence-corrected chi connectivity index (χ3v) is 7.25. The minimum Gasteiger partial charge on any atom is -0.299 e. The van der Waals surface area contributed by atoms with Gasteiger partial charge in [0, 0.05) is 23.5 Å². The van der Waals surface area contributed by atoms with Crippen molar-refractivity contribution in [3.05, 3.63) is 138 Å². The molecule has 0 atom stereocenters. The summed E-state index contributed by atoms with van der Waals surface area (Å²) < 4.78 is 2.32. The summed E-state index contributed by atoms with van der Waals surface area (Å²) in [6, 6.07) is 35.0. The predicted octanol–water partition coefficient (Wildman–Crippen LogP) is 8.59. The van der Waals surface area contributed by atoms with Crippen LogP contribution in [0, 0.1) is 5.92 Å². The molecule has 0 radical (unpaired) electrons. The van der Waals surface area contributed by atoms with Crippen molar-refractivity contribution >= 4 is 5.57 Å². The smallest absolute Gasteiger partial charge is 0.144 e. The molecule has 0 N–H and O–H groups in total. The standard InChI is InChI=1S/C35H32N2/c1-25(2)21-32-23-31(26-11-5-3-6-12-26)24-33(30-18-17-27-13-9-10-16-29(27)22-30)34(32)37-20-19-36-35(37)28-14-7-4-8-15-28/h3-16,18-20,23-25H,17,21-22H2,1-2H3. The molecule has 5 aromatic rings. The molecule has 0 unspecified atom stereocenters. The van der Waals surface area contributed by atoms with E-state index in [9.17, 15) is 0 Å². The minimum atomic E-state index is 0.530. The van der Waals surface area contributed by atoms with E-state index in [1.54, 1.807) is 0 Å². The summed E-state index contributed by atoms with van der Waals surface area (Å²) in [6.45, 7) is 4.61. The Morgan fingerprint density at radius 1 is 0.757 bits per heavy atom.